The number of amides is 2. The minimum atomic E-state index is -0.125. The number of hydrogen-bond acceptors (Lipinski definition) is 4. The Kier molecular flexibility index (Phi) is 4.61. The number of likely N-dealkylation sites (tertiary alicyclic amines) is 1. The summed E-state index contributed by atoms with van der Waals surface area (Å²) in [5.74, 6) is -0.177. The van der Waals surface area contributed by atoms with Crippen LogP contribution in [-0.4, -0.2) is 39.8 Å². The van der Waals surface area contributed by atoms with Gasteiger partial charge in [0.2, 0.25) is 5.91 Å². The summed E-state index contributed by atoms with van der Waals surface area (Å²) < 4.78 is 0. The van der Waals surface area contributed by atoms with E-state index >= 15 is 0 Å². The van der Waals surface area contributed by atoms with Crippen LogP contribution in [0.15, 0.2) is 48.9 Å². The van der Waals surface area contributed by atoms with E-state index in [4.69, 9.17) is 0 Å². The summed E-state index contributed by atoms with van der Waals surface area (Å²) in [6, 6.07) is 9.41. The van der Waals surface area contributed by atoms with E-state index in [0.29, 0.717) is 31.6 Å². The molecule has 6 heteroatoms. The molecule has 0 unspecified atom stereocenters. The summed E-state index contributed by atoms with van der Waals surface area (Å²) in [5.41, 5.74) is 1.15. The minimum absolute atomic E-state index is 0.0165. The van der Waals surface area contributed by atoms with Gasteiger partial charge in [0.15, 0.2) is 0 Å². The largest absolute Gasteiger partial charge is 0.337 e. The van der Waals surface area contributed by atoms with Crippen molar-refractivity contribution in [2.45, 2.75) is 12.8 Å². The van der Waals surface area contributed by atoms with E-state index < -0.39 is 0 Å². The van der Waals surface area contributed by atoms with Crippen LogP contribution in [0.2, 0.25) is 0 Å². The Balaban J connectivity index is 1.54. The van der Waals surface area contributed by atoms with Gasteiger partial charge in [0.1, 0.15) is 5.69 Å². The Morgan fingerprint density at radius 2 is 1.83 bits per heavy atom. The van der Waals surface area contributed by atoms with Crippen LogP contribution in [0.25, 0.3) is 0 Å². The molecule has 0 radical (unpaired) electrons. The number of rotatable bonds is 3. The fraction of sp³-hybridized carbons (Fsp3) is 0.294. The van der Waals surface area contributed by atoms with Gasteiger partial charge in [-0.3, -0.25) is 14.6 Å². The Hall–Kier alpha value is -2.76. The topological polar surface area (TPSA) is 75.2 Å². The lowest BCUT2D eigenvalue weighted by molar-refractivity contribution is -0.121. The molecule has 2 amide bonds. The van der Waals surface area contributed by atoms with Gasteiger partial charge in [-0.25, -0.2) is 4.98 Å². The van der Waals surface area contributed by atoms with E-state index in [2.05, 4.69) is 15.3 Å². The molecule has 1 N–H and O–H groups in total. The Labute approximate surface area is 134 Å². The van der Waals surface area contributed by atoms with Crippen molar-refractivity contribution in [3.8, 4) is 0 Å². The zero-order valence-electron chi connectivity index (χ0n) is 12.7. The zero-order valence-corrected chi connectivity index (χ0v) is 12.7. The first-order valence-electron chi connectivity index (χ1n) is 7.65. The number of aromatic nitrogens is 2. The van der Waals surface area contributed by atoms with Gasteiger partial charge in [0.05, 0.1) is 6.20 Å². The second-order valence-corrected chi connectivity index (χ2v) is 5.51. The number of carbonyl (C=O) groups excluding carboxylic acids is 2. The van der Waals surface area contributed by atoms with Gasteiger partial charge >= 0.3 is 0 Å². The summed E-state index contributed by atoms with van der Waals surface area (Å²) in [6.07, 6.45) is 5.83. The number of benzene rings is 1. The van der Waals surface area contributed by atoms with Gasteiger partial charge in [-0.1, -0.05) is 18.2 Å². The van der Waals surface area contributed by atoms with Crippen molar-refractivity contribution in [1.29, 1.82) is 0 Å². The molecule has 2 heterocycles. The van der Waals surface area contributed by atoms with Crippen molar-refractivity contribution in [2.24, 2.45) is 5.92 Å². The first-order valence-corrected chi connectivity index (χ1v) is 7.65. The van der Waals surface area contributed by atoms with E-state index in [0.717, 1.165) is 5.69 Å². The molecule has 1 aliphatic rings. The summed E-state index contributed by atoms with van der Waals surface area (Å²) in [4.78, 5) is 34.2. The lowest BCUT2D eigenvalue weighted by Gasteiger charge is -2.31. The van der Waals surface area contributed by atoms with E-state index in [1.54, 1.807) is 4.90 Å². The molecule has 1 saturated heterocycles. The van der Waals surface area contributed by atoms with Crippen LogP contribution in [0.1, 0.15) is 23.3 Å². The van der Waals surface area contributed by atoms with E-state index in [1.165, 1.54) is 18.6 Å². The highest BCUT2D eigenvalue weighted by Crippen LogP contribution is 2.20. The fourth-order valence-electron chi connectivity index (χ4n) is 2.68. The first kappa shape index (κ1) is 15.1. The number of piperidine rings is 1. The van der Waals surface area contributed by atoms with Crippen LogP contribution in [0.3, 0.4) is 0 Å². The zero-order chi connectivity index (χ0) is 16.1. The monoisotopic (exact) mass is 310 g/mol. The second kappa shape index (κ2) is 7.00. The Bertz CT molecular complexity index is 668. The molecule has 0 bridgehead atoms. The summed E-state index contributed by atoms with van der Waals surface area (Å²) >= 11 is 0. The number of nitrogens with zero attached hydrogens (tertiary/aromatic N) is 3. The lowest BCUT2D eigenvalue weighted by atomic mass is 9.95. The number of anilines is 1. The van der Waals surface area contributed by atoms with Crippen LogP contribution in [-0.2, 0) is 4.79 Å². The maximum atomic E-state index is 12.3. The van der Waals surface area contributed by atoms with Crippen LogP contribution < -0.4 is 5.32 Å². The first-order chi connectivity index (χ1) is 11.2. The van der Waals surface area contributed by atoms with E-state index in [1.807, 2.05) is 30.3 Å². The fourth-order valence-corrected chi connectivity index (χ4v) is 2.68. The second-order valence-electron chi connectivity index (χ2n) is 5.51. The summed E-state index contributed by atoms with van der Waals surface area (Å²) in [5, 5.41) is 2.92. The molecular formula is C17H18N4O2. The van der Waals surface area contributed by atoms with Crippen molar-refractivity contribution in [2.75, 3.05) is 18.4 Å². The van der Waals surface area contributed by atoms with Crippen molar-refractivity contribution in [3.63, 3.8) is 0 Å². The molecule has 0 spiro atoms. The highest BCUT2D eigenvalue weighted by molar-refractivity contribution is 5.94. The Morgan fingerprint density at radius 3 is 2.48 bits per heavy atom. The summed E-state index contributed by atoms with van der Waals surface area (Å²) in [6.45, 7) is 1.12. The van der Waals surface area contributed by atoms with Gasteiger partial charge in [-0.15, -0.1) is 0 Å². The molecular weight excluding hydrogens is 292 g/mol. The molecule has 1 aromatic carbocycles. The van der Waals surface area contributed by atoms with Gasteiger partial charge in [-0.05, 0) is 25.0 Å². The maximum Gasteiger partial charge on any atom is 0.274 e. The van der Waals surface area contributed by atoms with Crippen LogP contribution >= 0.6 is 0 Å². The van der Waals surface area contributed by atoms with Crippen LogP contribution in [0.5, 0.6) is 0 Å². The molecule has 1 aliphatic heterocycles. The van der Waals surface area contributed by atoms with Crippen molar-refractivity contribution < 1.29 is 9.59 Å². The molecule has 0 saturated carbocycles. The van der Waals surface area contributed by atoms with Crippen molar-refractivity contribution >= 4 is 17.5 Å². The molecule has 23 heavy (non-hydrogen) atoms. The molecule has 6 nitrogen and oxygen atoms in total. The maximum absolute atomic E-state index is 12.3. The SMILES string of the molecule is O=C(Nc1ccccc1)C1CCN(C(=O)c2cnccn2)CC1. The average molecular weight is 310 g/mol. The third kappa shape index (κ3) is 3.71. The van der Waals surface area contributed by atoms with Crippen LogP contribution in [0, 0.1) is 5.92 Å². The molecule has 1 aromatic heterocycles. The molecule has 118 valence electrons. The smallest absolute Gasteiger partial charge is 0.274 e. The van der Waals surface area contributed by atoms with Gasteiger partial charge < -0.3 is 10.2 Å². The van der Waals surface area contributed by atoms with Crippen LogP contribution in [0.4, 0.5) is 5.69 Å². The predicted octanol–water partition coefficient (Wildman–Crippen LogP) is 1.97. The number of para-hydroxylation sites is 1. The average Bonchev–Trinajstić information content (AvgIpc) is 2.63. The molecule has 2 aromatic rings. The highest BCUT2D eigenvalue weighted by atomic mass is 16.2. The number of hydrogen-bond donors (Lipinski definition) is 1. The Morgan fingerprint density at radius 1 is 1.09 bits per heavy atom. The lowest BCUT2D eigenvalue weighted by Crippen LogP contribution is -2.41. The minimum Gasteiger partial charge on any atom is -0.337 e. The highest BCUT2D eigenvalue weighted by Gasteiger charge is 2.28. The van der Waals surface area contributed by atoms with E-state index in [9.17, 15) is 9.59 Å². The quantitative estimate of drug-likeness (QED) is 0.940. The van der Waals surface area contributed by atoms with E-state index in [-0.39, 0.29) is 17.7 Å². The normalized spacial score (nSPS) is 15.2. The molecule has 3 rings (SSSR count). The van der Waals surface area contributed by atoms with Gasteiger partial charge in [0, 0.05) is 37.1 Å². The standard InChI is InChI=1S/C17H18N4O2/c22-16(20-14-4-2-1-3-5-14)13-6-10-21(11-7-13)17(23)15-12-18-8-9-19-15/h1-5,8-9,12-13H,6-7,10-11H2,(H,20,22). The summed E-state index contributed by atoms with van der Waals surface area (Å²) in [7, 11) is 0. The number of carbonyl (C=O) groups is 2. The van der Waals surface area contributed by atoms with Gasteiger partial charge in [-0.2, -0.15) is 0 Å². The predicted molar refractivity (Wildman–Crippen MR) is 85.7 cm³/mol. The molecule has 0 atom stereocenters. The third-order valence-corrected chi connectivity index (χ3v) is 3.98. The third-order valence-electron chi connectivity index (χ3n) is 3.98. The van der Waals surface area contributed by atoms with Crippen molar-refractivity contribution in [1.82, 2.24) is 14.9 Å². The van der Waals surface area contributed by atoms with Gasteiger partial charge in [0.25, 0.3) is 5.91 Å². The molecule has 0 aliphatic carbocycles. The number of nitrogens with one attached hydrogen (secondary N) is 1. The molecule has 1 fully saturated rings. The van der Waals surface area contributed by atoms with Crippen molar-refractivity contribution in [3.05, 3.63) is 54.6 Å².